The number of nitrogens with zero attached hydrogens (tertiary/aromatic N) is 2. The summed E-state index contributed by atoms with van der Waals surface area (Å²) >= 11 is 0. The predicted molar refractivity (Wildman–Crippen MR) is 73.1 cm³/mol. The summed E-state index contributed by atoms with van der Waals surface area (Å²) in [5, 5.41) is 22.7. The fourth-order valence-electron chi connectivity index (χ4n) is 2.14. The molecule has 7 nitrogen and oxygen atoms in total. The summed E-state index contributed by atoms with van der Waals surface area (Å²) < 4.78 is 22.6. The van der Waals surface area contributed by atoms with Crippen molar-refractivity contribution < 1.29 is 13.3 Å². The lowest BCUT2D eigenvalue weighted by atomic mass is 10.1. The standard InChI is InChI=1S/C12H13N3O4S/c13-8-9-1-2-11(7-12(9)15(16)17)14-10-3-5-20(18,19)6-4-10/h1-2,7,10,14H,3-6H2. The van der Waals surface area contributed by atoms with E-state index in [1.54, 1.807) is 12.1 Å². The van der Waals surface area contributed by atoms with Gasteiger partial charge in [-0.1, -0.05) is 0 Å². The van der Waals surface area contributed by atoms with Crippen LogP contribution in [0.2, 0.25) is 0 Å². The van der Waals surface area contributed by atoms with Crippen LogP contribution in [0, 0.1) is 21.4 Å². The summed E-state index contributed by atoms with van der Waals surface area (Å²) in [5.41, 5.74) is 0.285. The predicted octanol–water partition coefficient (Wildman–Crippen LogP) is 1.46. The molecular weight excluding hydrogens is 282 g/mol. The highest BCUT2D eigenvalue weighted by molar-refractivity contribution is 7.91. The van der Waals surface area contributed by atoms with E-state index in [4.69, 9.17) is 5.26 Å². The molecule has 0 amide bonds. The molecule has 20 heavy (non-hydrogen) atoms. The Labute approximate surface area is 116 Å². The average molecular weight is 295 g/mol. The largest absolute Gasteiger partial charge is 0.382 e. The van der Waals surface area contributed by atoms with Crippen LogP contribution < -0.4 is 5.32 Å². The van der Waals surface area contributed by atoms with E-state index in [0.29, 0.717) is 18.5 Å². The average Bonchev–Trinajstić information content (AvgIpc) is 2.41. The molecule has 0 radical (unpaired) electrons. The highest BCUT2D eigenvalue weighted by Crippen LogP contribution is 2.24. The van der Waals surface area contributed by atoms with E-state index in [-0.39, 0.29) is 28.8 Å². The quantitative estimate of drug-likeness (QED) is 0.667. The van der Waals surface area contributed by atoms with Crippen LogP contribution in [0.3, 0.4) is 0 Å². The molecule has 106 valence electrons. The van der Waals surface area contributed by atoms with Crippen molar-refractivity contribution in [3.05, 3.63) is 33.9 Å². The van der Waals surface area contributed by atoms with Gasteiger partial charge in [0.1, 0.15) is 21.5 Å². The minimum absolute atomic E-state index is 0.00627. The van der Waals surface area contributed by atoms with Crippen molar-refractivity contribution >= 4 is 21.2 Å². The Kier molecular flexibility index (Phi) is 3.90. The van der Waals surface area contributed by atoms with Crippen LogP contribution in [-0.2, 0) is 9.84 Å². The first-order valence-corrected chi connectivity index (χ1v) is 7.89. The smallest absolute Gasteiger partial charge is 0.289 e. The fraction of sp³-hybridized carbons (Fsp3) is 0.417. The summed E-state index contributed by atoms with van der Waals surface area (Å²) in [5.74, 6) is 0.256. The van der Waals surface area contributed by atoms with E-state index < -0.39 is 14.8 Å². The molecule has 1 aromatic carbocycles. The molecule has 1 aliphatic rings. The minimum atomic E-state index is -2.93. The molecule has 1 heterocycles. The summed E-state index contributed by atoms with van der Waals surface area (Å²) in [6.45, 7) is 0. The molecule has 0 aliphatic carbocycles. The monoisotopic (exact) mass is 295 g/mol. The molecule has 1 N–H and O–H groups in total. The SMILES string of the molecule is N#Cc1ccc(NC2CCS(=O)(=O)CC2)cc1[N+](=O)[O-]. The second-order valence-electron chi connectivity index (χ2n) is 4.67. The Hall–Kier alpha value is -2.14. The van der Waals surface area contributed by atoms with Crippen LogP contribution in [-0.4, -0.2) is 30.9 Å². The molecule has 8 heteroatoms. The van der Waals surface area contributed by atoms with Gasteiger partial charge in [-0.3, -0.25) is 10.1 Å². The van der Waals surface area contributed by atoms with Crippen LogP contribution in [0.4, 0.5) is 11.4 Å². The van der Waals surface area contributed by atoms with E-state index in [1.165, 1.54) is 12.1 Å². The zero-order valence-corrected chi connectivity index (χ0v) is 11.4. The number of sulfone groups is 1. The van der Waals surface area contributed by atoms with Crippen molar-refractivity contribution in [3.63, 3.8) is 0 Å². The lowest BCUT2D eigenvalue weighted by Gasteiger charge is -2.23. The number of anilines is 1. The summed E-state index contributed by atoms with van der Waals surface area (Å²) in [6.07, 6.45) is 0.965. The molecule has 1 fully saturated rings. The van der Waals surface area contributed by atoms with Gasteiger partial charge < -0.3 is 5.32 Å². The number of nitro groups is 1. The maximum absolute atomic E-state index is 11.3. The molecule has 0 unspecified atom stereocenters. The lowest BCUT2D eigenvalue weighted by Crippen LogP contribution is -2.32. The van der Waals surface area contributed by atoms with Crippen LogP contribution in [0.25, 0.3) is 0 Å². The Morgan fingerprint density at radius 3 is 2.55 bits per heavy atom. The first kappa shape index (κ1) is 14.3. The van der Waals surface area contributed by atoms with Crippen LogP contribution in [0.15, 0.2) is 18.2 Å². The van der Waals surface area contributed by atoms with Gasteiger partial charge in [0.15, 0.2) is 0 Å². The van der Waals surface area contributed by atoms with Gasteiger partial charge >= 0.3 is 0 Å². The summed E-state index contributed by atoms with van der Waals surface area (Å²) in [7, 11) is -2.93. The summed E-state index contributed by atoms with van der Waals surface area (Å²) in [6, 6.07) is 6.04. The van der Waals surface area contributed by atoms with Gasteiger partial charge in [0.25, 0.3) is 5.69 Å². The third-order valence-corrected chi connectivity index (χ3v) is 4.96. The molecule has 1 aromatic rings. The van der Waals surface area contributed by atoms with Crippen LogP contribution in [0.5, 0.6) is 0 Å². The number of hydrogen-bond donors (Lipinski definition) is 1. The van der Waals surface area contributed by atoms with Crippen molar-refractivity contribution in [2.45, 2.75) is 18.9 Å². The van der Waals surface area contributed by atoms with Crippen molar-refractivity contribution in [1.29, 1.82) is 5.26 Å². The Morgan fingerprint density at radius 1 is 1.35 bits per heavy atom. The van der Waals surface area contributed by atoms with Gasteiger partial charge in [0.05, 0.1) is 16.4 Å². The first-order chi connectivity index (χ1) is 9.41. The normalized spacial score (nSPS) is 18.1. The van der Waals surface area contributed by atoms with Gasteiger partial charge in [-0.05, 0) is 25.0 Å². The third kappa shape index (κ3) is 3.24. The van der Waals surface area contributed by atoms with E-state index in [1.807, 2.05) is 0 Å². The van der Waals surface area contributed by atoms with Crippen molar-refractivity contribution in [2.24, 2.45) is 0 Å². The first-order valence-electron chi connectivity index (χ1n) is 6.07. The number of rotatable bonds is 3. The number of nitrogens with one attached hydrogen (secondary N) is 1. The number of nitriles is 1. The van der Waals surface area contributed by atoms with E-state index in [0.717, 1.165) is 0 Å². The lowest BCUT2D eigenvalue weighted by molar-refractivity contribution is -0.385. The number of benzene rings is 1. The molecule has 1 aliphatic heterocycles. The minimum Gasteiger partial charge on any atom is -0.382 e. The zero-order chi connectivity index (χ0) is 14.8. The van der Waals surface area contributed by atoms with Gasteiger partial charge in [0, 0.05) is 17.8 Å². The van der Waals surface area contributed by atoms with Gasteiger partial charge in [0.2, 0.25) is 0 Å². The van der Waals surface area contributed by atoms with Crippen LogP contribution >= 0.6 is 0 Å². The zero-order valence-electron chi connectivity index (χ0n) is 10.6. The fourth-order valence-corrected chi connectivity index (χ4v) is 3.63. The second-order valence-corrected chi connectivity index (χ2v) is 6.97. The maximum Gasteiger partial charge on any atom is 0.289 e. The van der Waals surface area contributed by atoms with E-state index in [2.05, 4.69) is 5.32 Å². The molecule has 0 aromatic heterocycles. The van der Waals surface area contributed by atoms with Crippen molar-refractivity contribution in [1.82, 2.24) is 0 Å². The topological polar surface area (TPSA) is 113 Å². The second kappa shape index (κ2) is 5.46. The van der Waals surface area contributed by atoms with Gasteiger partial charge in [-0.2, -0.15) is 5.26 Å². The number of nitro benzene ring substituents is 1. The highest BCUT2D eigenvalue weighted by atomic mass is 32.2. The molecule has 0 saturated carbocycles. The van der Waals surface area contributed by atoms with Crippen molar-refractivity contribution in [3.8, 4) is 6.07 Å². The Morgan fingerprint density at radius 2 is 2.00 bits per heavy atom. The molecule has 0 bridgehead atoms. The van der Waals surface area contributed by atoms with Crippen LogP contribution in [0.1, 0.15) is 18.4 Å². The highest BCUT2D eigenvalue weighted by Gasteiger charge is 2.24. The van der Waals surface area contributed by atoms with Gasteiger partial charge in [-0.15, -0.1) is 0 Å². The van der Waals surface area contributed by atoms with Gasteiger partial charge in [-0.25, -0.2) is 8.42 Å². The molecule has 0 spiro atoms. The number of hydrogen-bond acceptors (Lipinski definition) is 6. The maximum atomic E-state index is 11.3. The third-order valence-electron chi connectivity index (χ3n) is 3.24. The van der Waals surface area contributed by atoms with E-state index in [9.17, 15) is 18.5 Å². The Bertz CT molecular complexity index is 664. The van der Waals surface area contributed by atoms with Crippen molar-refractivity contribution in [2.75, 3.05) is 16.8 Å². The summed E-state index contributed by atoms with van der Waals surface area (Å²) in [4.78, 5) is 10.3. The molecule has 0 atom stereocenters. The van der Waals surface area contributed by atoms with E-state index >= 15 is 0 Å². The molecular formula is C12H13N3O4S. The Balaban J connectivity index is 2.13. The molecule has 1 saturated heterocycles. The molecule has 2 rings (SSSR count).